The van der Waals surface area contributed by atoms with E-state index in [1.807, 2.05) is 80.6 Å². The van der Waals surface area contributed by atoms with Crippen molar-refractivity contribution in [3.63, 3.8) is 0 Å². The van der Waals surface area contributed by atoms with Crippen LogP contribution in [0.25, 0.3) is 99.1 Å². The van der Waals surface area contributed by atoms with Gasteiger partial charge in [-0.05, 0) is 324 Å². The van der Waals surface area contributed by atoms with Crippen LogP contribution in [0.5, 0.6) is 0 Å². The lowest BCUT2D eigenvalue weighted by Crippen LogP contribution is -1.96. The standard InChI is InChI=1S/C18H18ClNO.3C14H16ClNO.C13H14BrN.3C13H14ClN/c1-10(2)14-9-15-17(16(19)12(14)4)21-18(20-15)13-7-5-11(3)6-8-13;1-7(2)10-6-11(15)12-13(9-4-5-9)16-17-14(12)8(10)3;1-7(2)10-6-11-12(13(15)8(10)3)14(16-17-11)9-4-5-9;1-7(2)10-6-11-13(9-4-5-9)16-17-14(11)12(15)8(10)3;1-8(2)12-7-10-6-11(14)4-5-13(10)15-9(12)3;1-8(2)12-6-10-4-5-11(14)7-13(10)15-9(12)3;1-8(2)10-7-11-12(14)5-4-6-13(11)15-9(10)3;1-8(2)11-7-10-5-4-6-12(14)13(10)15-9(11)3/h5-10H,1-4H3;3*6-7,9H,4-5H2,1-3H3;4*4-8H,1-3H3. The summed E-state index contributed by atoms with van der Waals surface area (Å²) in [6, 6.07) is 49.2. The minimum absolute atomic E-state index is 0.409. The van der Waals surface area contributed by atoms with Gasteiger partial charge >= 0.3 is 0 Å². The number of fused-ring (bicyclic) bond motifs is 8. The Labute approximate surface area is 821 Å². The Bertz CT molecular complexity index is 7030. The van der Waals surface area contributed by atoms with Crippen LogP contribution in [0.4, 0.5) is 0 Å². The molecule has 0 aliphatic heterocycles. The average Bonchev–Trinajstić information content (AvgIpc) is 1.59. The van der Waals surface area contributed by atoms with Gasteiger partial charge in [0.25, 0.3) is 0 Å². The average molecular weight is 1970 g/mol. The molecule has 3 fully saturated rings. The van der Waals surface area contributed by atoms with Gasteiger partial charge in [-0.3, -0.25) is 19.9 Å². The number of para-hydroxylation sites is 1. The van der Waals surface area contributed by atoms with Crippen LogP contribution in [0.3, 0.4) is 0 Å². The van der Waals surface area contributed by atoms with Crippen molar-refractivity contribution in [2.75, 3.05) is 0 Å². The fourth-order valence-electron chi connectivity index (χ4n) is 17.3. The van der Waals surface area contributed by atoms with Crippen LogP contribution in [0.1, 0.15) is 327 Å². The van der Waals surface area contributed by atoms with Crippen LogP contribution in [0.15, 0.2) is 168 Å². The largest absolute Gasteiger partial charge is 0.435 e. The molecule has 0 unspecified atom stereocenters. The third-order valence-electron chi connectivity index (χ3n) is 25.2. The summed E-state index contributed by atoms with van der Waals surface area (Å²) in [6.07, 6.45) is 7.30. The molecule has 8 heterocycles. The fourth-order valence-corrected chi connectivity index (χ4v) is 19.4. The maximum atomic E-state index is 6.49. The first kappa shape index (κ1) is 100. The summed E-state index contributed by atoms with van der Waals surface area (Å²) in [4.78, 5) is 22.9. The molecule has 20 heteroatoms. The van der Waals surface area contributed by atoms with E-state index in [2.05, 4.69) is 294 Å². The van der Waals surface area contributed by atoms with E-state index in [-0.39, 0.29) is 0 Å². The number of aromatic nitrogens is 8. The lowest BCUT2D eigenvalue weighted by atomic mass is 9.95. The van der Waals surface area contributed by atoms with Gasteiger partial charge in [0.2, 0.25) is 5.89 Å². The highest BCUT2D eigenvalue weighted by atomic mass is 79.9. The predicted molar refractivity (Wildman–Crippen MR) is 562 cm³/mol. The Balaban J connectivity index is 0.000000129. The molecule has 0 N–H and O–H groups in total. The summed E-state index contributed by atoms with van der Waals surface area (Å²) in [5, 5.41) is 25.6. The molecular formula is C112H122BrCl7N8O4. The van der Waals surface area contributed by atoms with E-state index in [4.69, 9.17) is 99.2 Å². The smallest absolute Gasteiger partial charge is 0.227 e. The van der Waals surface area contributed by atoms with E-state index in [0.29, 0.717) is 81.6 Å². The van der Waals surface area contributed by atoms with Gasteiger partial charge in [0.1, 0.15) is 5.52 Å². The van der Waals surface area contributed by atoms with Crippen LogP contribution in [-0.4, -0.2) is 40.4 Å². The number of oxazole rings is 1. The second-order valence-electron chi connectivity index (χ2n) is 38.2. The number of hydrogen-bond acceptors (Lipinski definition) is 12. The molecule has 12 nitrogen and oxygen atoms in total. The molecule has 0 atom stereocenters. The highest BCUT2D eigenvalue weighted by Crippen LogP contribution is 2.50. The van der Waals surface area contributed by atoms with Gasteiger partial charge in [0, 0.05) is 87.5 Å². The van der Waals surface area contributed by atoms with Crippen molar-refractivity contribution < 1.29 is 18.0 Å². The number of rotatable bonds is 12. The fraction of sp³-hybridized carbons (Fsp3) is 0.375. The molecule has 0 spiro atoms. The van der Waals surface area contributed by atoms with Crippen LogP contribution >= 0.6 is 97.1 Å². The summed E-state index contributed by atoms with van der Waals surface area (Å²) in [5.74, 6) is 6.15. The van der Waals surface area contributed by atoms with E-state index in [1.54, 1.807) is 0 Å². The van der Waals surface area contributed by atoms with Gasteiger partial charge < -0.3 is 18.0 Å². The zero-order chi connectivity index (χ0) is 95.6. The molecular weight excluding hydrogens is 1850 g/mol. The minimum atomic E-state index is 0.409. The second kappa shape index (κ2) is 42.9. The van der Waals surface area contributed by atoms with Crippen LogP contribution in [0.2, 0.25) is 35.2 Å². The van der Waals surface area contributed by atoms with Gasteiger partial charge in [0.05, 0.1) is 75.0 Å². The van der Waals surface area contributed by atoms with Crippen molar-refractivity contribution in [3.05, 3.63) is 297 Å². The van der Waals surface area contributed by atoms with Crippen molar-refractivity contribution in [1.29, 1.82) is 0 Å². The van der Waals surface area contributed by atoms with E-state index < -0.39 is 0 Å². The van der Waals surface area contributed by atoms with Gasteiger partial charge in [-0.2, -0.15) is 0 Å². The molecule has 690 valence electrons. The van der Waals surface area contributed by atoms with E-state index in [0.717, 1.165) is 168 Å². The molecule has 3 saturated carbocycles. The molecule has 8 aromatic heterocycles. The van der Waals surface area contributed by atoms with Crippen molar-refractivity contribution in [3.8, 4) is 11.5 Å². The second-order valence-corrected chi connectivity index (χ2v) is 41.9. The van der Waals surface area contributed by atoms with Crippen LogP contribution in [-0.2, 0) is 0 Å². The Morgan fingerprint density at radius 2 is 0.773 bits per heavy atom. The summed E-state index contributed by atoms with van der Waals surface area (Å²) in [7, 11) is 0. The highest BCUT2D eigenvalue weighted by Gasteiger charge is 2.34. The van der Waals surface area contributed by atoms with Gasteiger partial charge in [-0.25, -0.2) is 4.98 Å². The summed E-state index contributed by atoms with van der Waals surface area (Å²) in [6.45, 7) is 53.4. The minimum Gasteiger partial charge on any atom is -0.435 e. The van der Waals surface area contributed by atoms with Crippen molar-refractivity contribution in [2.24, 2.45) is 0 Å². The molecule has 9 aromatic carbocycles. The molecule has 0 bridgehead atoms. The van der Waals surface area contributed by atoms with Gasteiger partial charge in [-0.1, -0.05) is 265 Å². The molecule has 20 rings (SSSR count). The van der Waals surface area contributed by atoms with E-state index >= 15 is 0 Å². The molecule has 132 heavy (non-hydrogen) atoms. The third kappa shape index (κ3) is 23.0. The Morgan fingerprint density at radius 1 is 0.318 bits per heavy atom. The monoisotopic (exact) mass is 1970 g/mol. The molecule has 3 aliphatic rings. The zero-order valence-electron chi connectivity index (χ0n) is 80.7. The van der Waals surface area contributed by atoms with E-state index in [9.17, 15) is 0 Å². The predicted octanol–water partition coefficient (Wildman–Crippen LogP) is 37.6. The topological polar surface area (TPSA) is 156 Å². The number of benzene rings is 9. The lowest BCUT2D eigenvalue weighted by molar-refractivity contribution is 0.444. The Morgan fingerprint density at radius 3 is 1.36 bits per heavy atom. The summed E-state index contributed by atoms with van der Waals surface area (Å²) in [5.41, 5.74) is 32.5. The quantitative estimate of drug-likeness (QED) is 0.114. The normalized spacial score (nSPS) is 13.2. The van der Waals surface area contributed by atoms with Crippen LogP contribution in [0, 0.1) is 62.3 Å². The van der Waals surface area contributed by atoms with Gasteiger partial charge in [-0.15, -0.1) is 0 Å². The number of nitrogens with zero attached hydrogens (tertiary/aromatic N) is 8. The third-order valence-corrected chi connectivity index (χ3v) is 28.2. The van der Waals surface area contributed by atoms with Crippen molar-refractivity contribution in [1.82, 2.24) is 40.4 Å². The van der Waals surface area contributed by atoms with E-state index in [1.165, 1.54) is 105 Å². The number of halogens is 8. The molecule has 0 saturated heterocycles. The summed E-state index contributed by atoms with van der Waals surface area (Å²) < 4.78 is 23.4. The van der Waals surface area contributed by atoms with Crippen molar-refractivity contribution in [2.45, 2.75) is 277 Å². The lowest BCUT2D eigenvalue weighted by Gasteiger charge is -2.11. The zero-order valence-corrected chi connectivity index (χ0v) is 87.6. The maximum Gasteiger partial charge on any atom is 0.227 e. The maximum absolute atomic E-state index is 6.49. The van der Waals surface area contributed by atoms with Gasteiger partial charge in [0.15, 0.2) is 22.3 Å². The first-order valence-electron chi connectivity index (χ1n) is 46.3. The Kier molecular flexibility index (Phi) is 32.7. The SMILES string of the molecule is Cc1c(C(C)C)cc(Cl)c2c(C3CC3)noc12.Cc1c(C(C)C)cc2c(C3CC3)noc2c1Cl.Cc1c(C(C)C)cc2onc(C3CC3)c2c1Cl.Cc1ccc(-c2nc3cc(C(C)C)c(C)c(Cl)c3o2)cc1.Cc1nc2c(Cl)cccc2cc1C(C)C.Cc1nc2cc(Cl)ccc2cc1C(C)C.Cc1nc2ccc(Br)cc2cc1C(C)C.Cc1nc2cccc(Cl)c2cc1C(C)C. The number of hydrogen-bond donors (Lipinski definition) is 0. The number of pyridine rings is 4. The molecule has 0 amide bonds. The molecule has 3 aliphatic carbocycles. The molecule has 17 aromatic rings. The Hall–Kier alpha value is -8.99. The number of aryl methyl sites for hydroxylation is 6. The van der Waals surface area contributed by atoms with Crippen LogP contribution < -0.4 is 0 Å². The highest BCUT2D eigenvalue weighted by molar-refractivity contribution is 9.10. The van der Waals surface area contributed by atoms with Crippen molar-refractivity contribution >= 4 is 185 Å². The first-order chi connectivity index (χ1) is 62.6. The molecule has 0 radical (unpaired) electrons. The first-order valence-corrected chi connectivity index (χ1v) is 49.7. The summed E-state index contributed by atoms with van der Waals surface area (Å²) >= 11 is 47.4.